The Labute approximate surface area is 118 Å². The van der Waals surface area contributed by atoms with Crippen LogP contribution in [0.4, 0.5) is 13.2 Å². The molecule has 0 aliphatic carbocycles. The van der Waals surface area contributed by atoms with Gasteiger partial charge in [0.1, 0.15) is 0 Å². The second kappa shape index (κ2) is 6.47. The van der Waals surface area contributed by atoms with Crippen molar-refractivity contribution >= 4 is 11.9 Å². The van der Waals surface area contributed by atoms with Crippen molar-refractivity contribution in [2.75, 3.05) is 6.54 Å². The van der Waals surface area contributed by atoms with Crippen molar-refractivity contribution < 1.29 is 33.0 Å². The number of phenolic OH excluding ortho intramolecular Hbond substituents is 1. The molecule has 0 atom stereocenters. The van der Waals surface area contributed by atoms with E-state index in [0.29, 0.717) is 6.07 Å². The molecule has 0 fully saturated rings. The van der Waals surface area contributed by atoms with Crippen LogP contribution in [0.25, 0.3) is 0 Å². The predicted molar refractivity (Wildman–Crippen MR) is 66.4 cm³/mol. The van der Waals surface area contributed by atoms with E-state index in [4.69, 9.17) is 10.2 Å². The van der Waals surface area contributed by atoms with E-state index in [2.05, 4.69) is 0 Å². The molecule has 8 heteroatoms. The number of carbonyl (C=O) groups is 2. The summed E-state index contributed by atoms with van der Waals surface area (Å²) in [6.45, 7) is 2.87. The molecule has 0 spiro atoms. The van der Waals surface area contributed by atoms with E-state index in [0.717, 1.165) is 4.90 Å². The van der Waals surface area contributed by atoms with Gasteiger partial charge in [-0.2, -0.15) is 4.39 Å². The zero-order valence-corrected chi connectivity index (χ0v) is 11.4. The summed E-state index contributed by atoms with van der Waals surface area (Å²) < 4.78 is 39.9. The van der Waals surface area contributed by atoms with E-state index in [1.54, 1.807) is 13.8 Å². The Kier molecular flexibility index (Phi) is 5.17. The third-order valence-corrected chi connectivity index (χ3v) is 2.81. The lowest BCUT2D eigenvalue weighted by atomic mass is 10.1. The number of hydrogen-bond donors (Lipinski definition) is 2. The number of rotatable bonds is 5. The van der Waals surface area contributed by atoms with Crippen molar-refractivity contribution in [3.05, 3.63) is 29.1 Å². The van der Waals surface area contributed by atoms with E-state index in [1.165, 1.54) is 0 Å². The molecule has 0 bridgehead atoms. The predicted octanol–water partition coefficient (Wildman–Crippen LogP) is 2.13. The maximum Gasteiger partial charge on any atom is 0.305 e. The molecule has 2 N–H and O–H groups in total. The number of benzene rings is 1. The second-order valence-electron chi connectivity index (χ2n) is 4.62. The minimum absolute atomic E-state index is 0.231. The molecule has 0 heterocycles. The highest BCUT2D eigenvalue weighted by molar-refractivity contribution is 5.95. The summed E-state index contributed by atoms with van der Waals surface area (Å²) in [6.07, 6.45) is -0.388. The van der Waals surface area contributed by atoms with Gasteiger partial charge in [-0.05, 0) is 19.9 Å². The van der Waals surface area contributed by atoms with Gasteiger partial charge in [-0.15, -0.1) is 0 Å². The van der Waals surface area contributed by atoms with Gasteiger partial charge in [0.15, 0.2) is 17.4 Å². The monoisotopic (exact) mass is 305 g/mol. The van der Waals surface area contributed by atoms with Gasteiger partial charge < -0.3 is 15.1 Å². The number of aliphatic carboxylic acids is 1. The Morgan fingerprint density at radius 2 is 1.81 bits per heavy atom. The first kappa shape index (κ1) is 16.8. The van der Waals surface area contributed by atoms with E-state index >= 15 is 0 Å². The lowest BCUT2D eigenvalue weighted by Crippen LogP contribution is -2.39. The van der Waals surface area contributed by atoms with Crippen molar-refractivity contribution in [3.63, 3.8) is 0 Å². The summed E-state index contributed by atoms with van der Waals surface area (Å²) in [5, 5.41) is 17.7. The van der Waals surface area contributed by atoms with Crippen molar-refractivity contribution in [2.45, 2.75) is 26.3 Å². The van der Waals surface area contributed by atoms with Crippen LogP contribution < -0.4 is 0 Å². The molecule has 5 nitrogen and oxygen atoms in total. The highest BCUT2D eigenvalue weighted by Crippen LogP contribution is 2.27. The number of nitrogens with zero attached hydrogens (tertiary/aromatic N) is 1. The molecular formula is C13H14F3NO4. The molecule has 1 aromatic rings. The van der Waals surface area contributed by atoms with Gasteiger partial charge in [-0.1, -0.05) is 0 Å². The fraction of sp³-hybridized carbons (Fsp3) is 0.385. The topological polar surface area (TPSA) is 77.8 Å². The van der Waals surface area contributed by atoms with E-state index < -0.39 is 46.7 Å². The quantitative estimate of drug-likeness (QED) is 0.817. The minimum Gasteiger partial charge on any atom is -0.503 e. The molecule has 1 amide bonds. The van der Waals surface area contributed by atoms with Gasteiger partial charge in [0.2, 0.25) is 5.82 Å². The summed E-state index contributed by atoms with van der Waals surface area (Å²) in [5.74, 6) is -8.72. The summed E-state index contributed by atoms with van der Waals surface area (Å²) in [6, 6.07) is -0.158. The van der Waals surface area contributed by atoms with Crippen LogP contribution in [0.15, 0.2) is 6.07 Å². The van der Waals surface area contributed by atoms with Crippen LogP contribution in [0.3, 0.4) is 0 Å². The molecule has 0 saturated heterocycles. The molecule has 21 heavy (non-hydrogen) atoms. The number of carbonyl (C=O) groups excluding carboxylic acids is 1. The van der Waals surface area contributed by atoms with Crippen LogP contribution in [0.1, 0.15) is 30.6 Å². The fourth-order valence-corrected chi connectivity index (χ4v) is 1.71. The first-order chi connectivity index (χ1) is 9.66. The van der Waals surface area contributed by atoms with Crippen molar-refractivity contribution in [2.24, 2.45) is 0 Å². The van der Waals surface area contributed by atoms with Gasteiger partial charge in [-0.25, -0.2) is 8.78 Å². The van der Waals surface area contributed by atoms with Crippen molar-refractivity contribution in [1.82, 2.24) is 4.90 Å². The Morgan fingerprint density at radius 1 is 1.24 bits per heavy atom. The summed E-state index contributed by atoms with van der Waals surface area (Å²) in [7, 11) is 0. The highest BCUT2D eigenvalue weighted by atomic mass is 19.2. The summed E-state index contributed by atoms with van der Waals surface area (Å²) in [5.41, 5.74) is -0.856. The number of carboxylic acids is 1. The molecule has 0 saturated carbocycles. The summed E-state index contributed by atoms with van der Waals surface area (Å²) in [4.78, 5) is 23.7. The molecule has 1 rings (SSSR count). The maximum atomic E-state index is 13.7. The SMILES string of the molecule is CC(C)N(CCC(=O)O)C(=O)c1cc(F)c(F)c(O)c1F. The van der Waals surface area contributed by atoms with Crippen LogP contribution in [0, 0.1) is 17.5 Å². The fourth-order valence-electron chi connectivity index (χ4n) is 1.71. The maximum absolute atomic E-state index is 13.7. The van der Waals surface area contributed by atoms with Crippen LogP contribution in [-0.4, -0.2) is 39.6 Å². The average molecular weight is 305 g/mol. The zero-order chi connectivity index (χ0) is 16.3. The largest absolute Gasteiger partial charge is 0.503 e. The Hall–Kier alpha value is -2.25. The highest BCUT2D eigenvalue weighted by Gasteiger charge is 2.27. The lowest BCUT2D eigenvalue weighted by molar-refractivity contribution is -0.137. The van der Waals surface area contributed by atoms with Crippen LogP contribution in [0.5, 0.6) is 5.75 Å². The number of halogens is 3. The van der Waals surface area contributed by atoms with Gasteiger partial charge in [0.25, 0.3) is 5.91 Å². The van der Waals surface area contributed by atoms with Gasteiger partial charge >= 0.3 is 5.97 Å². The van der Waals surface area contributed by atoms with Crippen LogP contribution in [-0.2, 0) is 4.79 Å². The zero-order valence-electron chi connectivity index (χ0n) is 11.4. The van der Waals surface area contributed by atoms with E-state index in [1.807, 2.05) is 0 Å². The van der Waals surface area contributed by atoms with Crippen LogP contribution in [0.2, 0.25) is 0 Å². The molecule has 0 aromatic heterocycles. The standard InChI is InChI=1S/C13H14F3NO4/c1-6(2)17(4-3-9(18)19)13(21)7-5-8(14)11(16)12(20)10(7)15/h5-6,20H,3-4H2,1-2H3,(H,18,19). The molecule has 0 radical (unpaired) electrons. The molecule has 0 aliphatic heterocycles. The lowest BCUT2D eigenvalue weighted by Gasteiger charge is -2.26. The van der Waals surface area contributed by atoms with Gasteiger partial charge in [0.05, 0.1) is 12.0 Å². The third kappa shape index (κ3) is 3.65. The van der Waals surface area contributed by atoms with Gasteiger partial charge in [0, 0.05) is 12.6 Å². The van der Waals surface area contributed by atoms with Crippen LogP contribution >= 0.6 is 0 Å². The number of carboxylic acid groups (broad SMARTS) is 1. The number of aromatic hydroxyl groups is 1. The molecule has 0 unspecified atom stereocenters. The van der Waals surface area contributed by atoms with Crippen molar-refractivity contribution in [3.8, 4) is 5.75 Å². The Bertz CT molecular complexity index is 575. The first-order valence-electron chi connectivity index (χ1n) is 6.06. The Balaban J connectivity index is 3.18. The molecule has 116 valence electrons. The second-order valence-corrected chi connectivity index (χ2v) is 4.62. The first-order valence-corrected chi connectivity index (χ1v) is 6.06. The summed E-state index contributed by atoms with van der Waals surface area (Å²) >= 11 is 0. The third-order valence-electron chi connectivity index (χ3n) is 2.81. The smallest absolute Gasteiger partial charge is 0.305 e. The number of hydrogen-bond acceptors (Lipinski definition) is 3. The van der Waals surface area contributed by atoms with E-state index in [9.17, 15) is 22.8 Å². The Morgan fingerprint density at radius 3 is 2.29 bits per heavy atom. The van der Waals surface area contributed by atoms with Crippen molar-refractivity contribution in [1.29, 1.82) is 0 Å². The minimum atomic E-state index is -1.79. The average Bonchev–Trinajstić information content (AvgIpc) is 2.39. The molecule has 0 aliphatic rings. The number of amides is 1. The molecular weight excluding hydrogens is 291 g/mol. The van der Waals surface area contributed by atoms with Gasteiger partial charge in [-0.3, -0.25) is 9.59 Å². The van der Waals surface area contributed by atoms with E-state index in [-0.39, 0.29) is 13.0 Å². The normalized spacial score (nSPS) is 10.8. The number of phenols is 1. The molecule has 1 aromatic carbocycles.